The number of aromatic nitrogens is 1. The molecule has 1 aromatic heterocycles. The first-order valence-electron chi connectivity index (χ1n) is 10.1. The van der Waals surface area contributed by atoms with Gasteiger partial charge in [-0.2, -0.15) is 0 Å². The minimum Gasteiger partial charge on any atom is -0.503 e. The number of benzene rings is 1. The van der Waals surface area contributed by atoms with Crippen LogP contribution in [0.4, 0.5) is 0 Å². The zero-order chi connectivity index (χ0) is 23.6. The van der Waals surface area contributed by atoms with E-state index < -0.39 is 23.1 Å². The minimum absolute atomic E-state index is 0.0471. The molecule has 1 aromatic carbocycles. The van der Waals surface area contributed by atoms with Gasteiger partial charge in [0, 0.05) is 24.4 Å². The van der Waals surface area contributed by atoms with Gasteiger partial charge in [-0.25, -0.2) is 0 Å². The number of methoxy groups -OCH3 is 3. The van der Waals surface area contributed by atoms with Crippen LogP contribution in [0.1, 0.15) is 37.9 Å². The van der Waals surface area contributed by atoms with E-state index in [0.717, 1.165) is 5.56 Å². The number of rotatable bonds is 7. The second-order valence-corrected chi connectivity index (χ2v) is 8.49. The van der Waals surface area contributed by atoms with E-state index in [0.29, 0.717) is 22.8 Å². The molecule has 1 unspecified atom stereocenters. The van der Waals surface area contributed by atoms with Gasteiger partial charge in [-0.05, 0) is 35.4 Å². The fraction of sp³-hybridized carbons (Fsp3) is 0.375. The second kappa shape index (κ2) is 8.90. The molecule has 2 heterocycles. The maximum absolute atomic E-state index is 13.3. The largest absolute Gasteiger partial charge is 0.503 e. The van der Waals surface area contributed by atoms with Crippen LogP contribution in [0.25, 0.3) is 0 Å². The quantitative estimate of drug-likeness (QED) is 0.702. The van der Waals surface area contributed by atoms with Crippen molar-refractivity contribution < 1.29 is 28.9 Å². The molecule has 8 nitrogen and oxygen atoms in total. The van der Waals surface area contributed by atoms with E-state index in [2.05, 4.69) is 4.98 Å². The van der Waals surface area contributed by atoms with E-state index in [1.165, 1.54) is 26.2 Å². The zero-order valence-electron chi connectivity index (χ0n) is 19.1. The highest BCUT2D eigenvalue weighted by molar-refractivity contribution is 6.10. The van der Waals surface area contributed by atoms with Crippen molar-refractivity contribution >= 4 is 11.7 Å². The fourth-order valence-electron chi connectivity index (χ4n) is 3.74. The lowest BCUT2D eigenvalue weighted by molar-refractivity contribution is -0.130. The Morgan fingerprint density at radius 1 is 1.06 bits per heavy atom. The standard InChI is InChI=1S/C24H28N2O6/c1-24(2,3)22(28)18-19(15-11-16(30-4)21(32-6)17(12-15)31-5)26(23(29)20(18)27)13-14-7-9-25-10-8-14/h7-12,19,27H,13H2,1-6H3. The van der Waals surface area contributed by atoms with Gasteiger partial charge in [-0.15, -0.1) is 0 Å². The van der Waals surface area contributed by atoms with Crippen molar-refractivity contribution in [3.8, 4) is 17.2 Å². The lowest BCUT2D eigenvalue weighted by Gasteiger charge is -2.29. The summed E-state index contributed by atoms with van der Waals surface area (Å²) in [6.45, 7) is 5.42. The number of carbonyl (C=O) groups is 2. The lowest BCUT2D eigenvalue weighted by Crippen LogP contribution is -2.32. The molecule has 2 aromatic rings. The fourth-order valence-corrected chi connectivity index (χ4v) is 3.74. The SMILES string of the molecule is COc1cc(C2C(C(=O)C(C)(C)C)=C(O)C(=O)N2Cc2ccncc2)cc(OC)c1OC. The molecule has 8 heteroatoms. The number of amides is 1. The molecular weight excluding hydrogens is 412 g/mol. The molecule has 1 amide bonds. The first-order chi connectivity index (χ1) is 15.1. The van der Waals surface area contributed by atoms with Crippen molar-refractivity contribution in [3.05, 3.63) is 59.1 Å². The van der Waals surface area contributed by atoms with Crippen LogP contribution in [0, 0.1) is 5.41 Å². The van der Waals surface area contributed by atoms with Gasteiger partial charge in [0.25, 0.3) is 5.91 Å². The van der Waals surface area contributed by atoms with Crippen LogP contribution in [0.3, 0.4) is 0 Å². The summed E-state index contributed by atoms with van der Waals surface area (Å²) < 4.78 is 16.3. The van der Waals surface area contributed by atoms with E-state index in [1.54, 1.807) is 57.4 Å². The van der Waals surface area contributed by atoms with E-state index in [9.17, 15) is 14.7 Å². The van der Waals surface area contributed by atoms with Crippen LogP contribution < -0.4 is 14.2 Å². The number of hydrogen-bond acceptors (Lipinski definition) is 7. The number of ether oxygens (including phenoxy) is 3. The Kier molecular flexibility index (Phi) is 6.43. The Balaban J connectivity index is 2.21. The Morgan fingerprint density at radius 3 is 2.09 bits per heavy atom. The van der Waals surface area contributed by atoms with Crippen LogP contribution in [0.5, 0.6) is 17.2 Å². The number of carbonyl (C=O) groups excluding carboxylic acids is 2. The Labute approximate surface area is 187 Å². The number of aliphatic hydroxyl groups is 1. The first kappa shape index (κ1) is 23.1. The maximum atomic E-state index is 13.3. The Hall–Kier alpha value is -3.55. The maximum Gasteiger partial charge on any atom is 0.290 e. The number of pyridine rings is 1. The van der Waals surface area contributed by atoms with E-state index in [4.69, 9.17) is 14.2 Å². The molecule has 1 atom stereocenters. The van der Waals surface area contributed by atoms with Crippen molar-refractivity contribution in [1.82, 2.24) is 9.88 Å². The van der Waals surface area contributed by atoms with Gasteiger partial charge in [-0.1, -0.05) is 20.8 Å². The summed E-state index contributed by atoms with van der Waals surface area (Å²) in [6, 6.07) is 6.09. The average molecular weight is 440 g/mol. The van der Waals surface area contributed by atoms with Crippen LogP contribution in [-0.2, 0) is 16.1 Å². The number of ketones is 1. The van der Waals surface area contributed by atoms with Gasteiger partial charge in [0.1, 0.15) is 0 Å². The highest BCUT2D eigenvalue weighted by Gasteiger charge is 2.46. The number of Topliss-reactive ketones (excluding diaryl/α,β-unsaturated/α-hetero) is 1. The smallest absolute Gasteiger partial charge is 0.290 e. The summed E-state index contributed by atoms with van der Waals surface area (Å²) in [4.78, 5) is 31.9. The second-order valence-electron chi connectivity index (χ2n) is 8.49. The van der Waals surface area contributed by atoms with Crippen molar-refractivity contribution in [2.24, 2.45) is 5.41 Å². The van der Waals surface area contributed by atoms with Crippen molar-refractivity contribution in [2.75, 3.05) is 21.3 Å². The van der Waals surface area contributed by atoms with Crippen molar-refractivity contribution in [3.63, 3.8) is 0 Å². The number of aliphatic hydroxyl groups excluding tert-OH is 1. The van der Waals surface area contributed by atoms with Gasteiger partial charge < -0.3 is 24.2 Å². The monoisotopic (exact) mass is 440 g/mol. The van der Waals surface area contributed by atoms with Crippen molar-refractivity contribution in [1.29, 1.82) is 0 Å². The zero-order valence-corrected chi connectivity index (χ0v) is 19.1. The summed E-state index contributed by atoms with van der Waals surface area (Å²) in [5.74, 6) is -0.329. The third kappa shape index (κ3) is 4.12. The molecule has 1 aliphatic rings. The summed E-state index contributed by atoms with van der Waals surface area (Å²) in [7, 11) is 4.48. The first-order valence-corrected chi connectivity index (χ1v) is 10.1. The van der Waals surface area contributed by atoms with E-state index >= 15 is 0 Å². The molecule has 0 saturated heterocycles. The summed E-state index contributed by atoms with van der Waals surface area (Å²) in [6.07, 6.45) is 3.25. The average Bonchev–Trinajstić information content (AvgIpc) is 3.02. The molecule has 0 aliphatic carbocycles. The number of nitrogens with zero attached hydrogens (tertiary/aromatic N) is 2. The van der Waals surface area contributed by atoms with Crippen molar-refractivity contribution in [2.45, 2.75) is 33.4 Å². The van der Waals surface area contributed by atoms with Crippen LogP contribution >= 0.6 is 0 Å². The summed E-state index contributed by atoms with van der Waals surface area (Å²) in [5, 5.41) is 10.8. The molecule has 0 saturated carbocycles. The van der Waals surface area contributed by atoms with E-state index in [1.807, 2.05) is 0 Å². The summed E-state index contributed by atoms with van der Waals surface area (Å²) >= 11 is 0. The highest BCUT2D eigenvalue weighted by Crippen LogP contribution is 2.46. The van der Waals surface area contributed by atoms with Crippen LogP contribution in [0.2, 0.25) is 0 Å². The molecule has 0 radical (unpaired) electrons. The van der Waals surface area contributed by atoms with Gasteiger partial charge in [0.05, 0.1) is 32.9 Å². The predicted octanol–water partition coefficient (Wildman–Crippen LogP) is 3.62. The molecule has 170 valence electrons. The molecule has 0 spiro atoms. The molecule has 3 rings (SSSR count). The topological polar surface area (TPSA) is 98.2 Å². The minimum atomic E-state index is -0.837. The predicted molar refractivity (Wildman–Crippen MR) is 118 cm³/mol. The number of hydrogen-bond donors (Lipinski definition) is 1. The molecule has 0 bridgehead atoms. The van der Waals surface area contributed by atoms with Crippen LogP contribution in [0.15, 0.2) is 48.0 Å². The van der Waals surface area contributed by atoms with E-state index in [-0.39, 0.29) is 17.9 Å². The Bertz CT molecular complexity index is 1030. The normalized spacial score (nSPS) is 16.4. The molecular formula is C24H28N2O6. The third-order valence-corrected chi connectivity index (χ3v) is 5.33. The van der Waals surface area contributed by atoms with Gasteiger partial charge in [0.2, 0.25) is 5.75 Å². The van der Waals surface area contributed by atoms with Gasteiger partial charge in [-0.3, -0.25) is 14.6 Å². The Morgan fingerprint density at radius 2 is 1.62 bits per heavy atom. The summed E-state index contributed by atoms with van der Waals surface area (Å²) in [5.41, 5.74) is 0.599. The van der Waals surface area contributed by atoms with Gasteiger partial charge in [0.15, 0.2) is 23.0 Å². The van der Waals surface area contributed by atoms with Crippen LogP contribution in [-0.4, -0.2) is 48.0 Å². The molecule has 1 aliphatic heterocycles. The third-order valence-electron chi connectivity index (χ3n) is 5.33. The highest BCUT2D eigenvalue weighted by atomic mass is 16.5. The molecule has 0 fully saturated rings. The lowest BCUT2D eigenvalue weighted by atomic mass is 9.82. The van der Waals surface area contributed by atoms with Gasteiger partial charge >= 0.3 is 0 Å². The molecule has 1 N–H and O–H groups in total. The molecule has 32 heavy (non-hydrogen) atoms.